The molecule has 1 aromatic carbocycles. The van der Waals surface area contributed by atoms with E-state index in [9.17, 15) is 4.39 Å². The highest BCUT2D eigenvalue weighted by atomic mass is 19.1. The molecular weight excluding hydrogens is 261 g/mol. The summed E-state index contributed by atoms with van der Waals surface area (Å²) >= 11 is 0. The molecule has 0 bridgehead atoms. The lowest BCUT2D eigenvalue weighted by Crippen LogP contribution is -2.32. The highest BCUT2D eigenvalue weighted by Gasteiger charge is 2.18. The molecule has 0 atom stereocenters. The Labute approximate surface area is 118 Å². The van der Waals surface area contributed by atoms with Gasteiger partial charge in [0.15, 0.2) is 11.6 Å². The van der Waals surface area contributed by atoms with Crippen molar-refractivity contribution >= 4 is 11.4 Å². The van der Waals surface area contributed by atoms with Crippen molar-refractivity contribution in [3.8, 4) is 5.75 Å². The van der Waals surface area contributed by atoms with Crippen LogP contribution in [0.4, 0.5) is 15.8 Å². The van der Waals surface area contributed by atoms with Crippen LogP contribution in [0.1, 0.15) is 6.42 Å². The minimum Gasteiger partial charge on any atom is -0.494 e. The predicted molar refractivity (Wildman–Crippen MR) is 77.7 cm³/mol. The second-order valence-corrected chi connectivity index (χ2v) is 4.95. The monoisotopic (exact) mass is 283 g/mol. The summed E-state index contributed by atoms with van der Waals surface area (Å²) in [6, 6.07) is 2.97. The second-order valence-electron chi connectivity index (χ2n) is 4.95. The number of benzene rings is 1. The average Bonchev–Trinajstić information content (AvgIpc) is 2.65. The molecule has 0 unspecified atom stereocenters. The van der Waals surface area contributed by atoms with Gasteiger partial charge in [0.1, 0.15) is 0 Å². The van der Waals surface area contributed by atoms with Crippen LogP contribution in [-0.2, 0) is 0 Å². The van der Waals surface area contributed by atoms with E-state index < -0.39 is 5.82 Å². The Balaban J connectivity index is 2.15. The molecule has 0 spiro atoms. The number of β-amino-alcohol motifs (C(OH)–C–C–N with tert-alkyl or cyclic N) is 1. The molecule has 2 rings (SSSR count). The lowest BCUT2D eigenvalue weighted by atomic mass is 10.2. The molecular formula is C14H22FN3O2. The van der Waals surface area contributed by atoms with Gasteiger partial charge in [-0.05, 0) is 13.0 Å². The first kappa shape index (κ1) is 14.9. The Hall–Kier alpha value is -1.53. The molecule has 112 valence electrons. The number of hydrogen-bond acceptors (Lipinski definition) is 5. The maximum absolute atomic E-state index is 13.6. The van der Waals surface area contributed by atoms with Crippen molar-refractivity contribution in [1.82, 2.24) is 4.90 Å². The predicted octanol–water partition coefficient (Wildman–Crippen LogP) is 0.921. The standard InChI is InChI=1S/C14H22FN3O2/c1-20-14-10-13(12(16)9-11(14)15)18-4-2-3-17(5-6-18)7-8-19/h9-10,19H,2-8,16H2,1H3. The van der Waals surface area contributed by atoms with Crippen LogP contribution in [0.2, 0.25) is 0 Å². The van der Waals surface area contributed by atoms with Gasteiger partial charge in [0.05, 0.1) is 25.1 Å². The number of methoxy groups -OCH3 is 1. The summed E-state index contributed by atoms with van der Waals surface area (Å²) in [6.45, 7) is 4.34. The van der Waals surface area contributed by atoms with Crippen LogP contribution in [-0.4, -0.2) is 56.4 Å². The molecule has 0 radical (unpaired) electrons. The largest absolute Gasteiger partial charge is 0.494 e. The molecule has 1 heterocycles. The number of nitrogen functional groups attached to an aromatic ring is 1. The van der Waals surface area contributed by atoms with Gasteiger partial charge in [-0.2, -0.15) is 0 Å². The fourth-order valence-corrected chi connectivity index (χ4v) is 2.57. The van der Waals surface area contributed by atoms with E-state index in [1.165, 1.54) is 13.2 Å². The number of aliphatic hydroxyl groups excluding tert-OH is 1. The molecule has 1 aliphatic heterocycles. The first-order valence-corrected chi connectivity index (χ1v) is 6.87. The summed E-state index contributed by atoms with van der Waals surface area (Å²) in [6.07, 6.45) is 0.985. The summed E-state index contributed by atoms with van der Waals surface area (Å²) in [5, 5.41) is 9.00. The maximum Gasteiger partial charge on any atom is 0.167 e. The smallest absolute Gasteiger partial charge is 0.167 e. The molecule has 1 aliphatic rings. The molecule has 1 fully saturated rings. The first-order chi connectivity index (χ1) is 9.65. The van der Waals surface area contributed by atoms with Crippen LogP contribution in [0.25, 0.3) is 0 Å². The van der Waals surface area contributed by atoms with E-state index >= 15 is 0 Å². The van der Waals surface area contributed by atoms with E-state index in [0.29, 0.717) is 12.2 Å². The van der Waals surface area contributed by atoms with Gasteiger partial charge in [0.2, 0.25) is 0 Å². The van der Waals surface area contributed by atoms with Gasteiger partial charge >= 0.3 is 0 Å². The third-order valence-electron chi connectivity index (χ3n) is 3.65. The second kappa shape index (κ2) is 6.76. The molecule has 0 amide bonds. The number of halogens is 1. The van der Waals surface area contributed by atoms with E-state index in [-0.39, 0.29) is 12.4 Å². The van der Waals surface area contributed by atoms with Gasteiger partial charge in [-0.15, -0.1) is 0 Å². The Bertz CT molecular complexity index is 456. The minimum atomic E-state index is -0.439. The first-order valence-electron chi connectivity index (χ1n) is 6.87. The Kier molecular flexibility index (Phi) is 5.03. The van der Waals surface area contributed by atoms with Crippen LogP contribution in [0.3, 0.4) is 0 Å². The quantitative estimate of drug-likeness (QED) is 0.805. The number of anilines is 2. The normalized spacial score (nSPS) is 17.1. The Morgan fingerprint density at radius 1 is 1.30 bits per heavy atom. The van der Waals surface area contributed by atoms with Crippen molar-refractivity contribution in [2.24, 2.45) is 0 Å². The lowest BCUT2D eigenvalue weighted by Gasteiger charge is -2.25. The Morgan fingerprint density at radius 3 is 2.80 bits per heavy atom. The number of nitrogens with zero attached hydrogens (tertiary/aromatic N) is 2. The van der Waals surface area contributed by atoms with Crippen LogP contribution < -0.4 is 15.4 Å². The van der Waals surface area contributed by atoms with Gasteiger partial charge in [-0.3, -0.25) is 4.90 Å². The highest BCUT2D eigenvalue weighted by molar-refractivity contribution is 5.70. The van der Waals surface area contributed by atoms with Gasteiger partial charge in [-0.25, -0.2) is 4.39 Å². The van der Waals surface area contributed by atoms with E-state index in [1.807, 2.05) is 0 Å². The lowest BCUT2D eigenvalue weighted by molar-refractivity contribution is 0.204. The zero-order valence-electron chi connectivity index (χ0n) is 11.8. The van der Waals surface area contributed by atoms with Crippen molar-refractivity contribution in [2.45, 2.75) is 6.42 Å². The van der Waals surface area contributed by atoms with Crippen LogP contribution in [0, 0.1) is 5.82 Å². The van der Waals surface area contributed by atoms with Crippen molar-refractivity contribution in [2.75, 3.05) is 57.1 Å². The average molecular weight is 283 g/mol. The Morgan fingerprint density at radius 2 is 2.10 bits per heavy atom. The SMILES string of the molecule is COc1cc(N2CCCN(CCO)CC2)c(N)cc1F. The molecule has 1 saturated heterocycles. The zero-order chi connectivity index (χ0) is 14.5. The summed E-state index contributed by atoms with van der Waals surface area (Å²) in [5.74, 6) is -0.226. The van der Waals surface area contributed by atoms with Gasteiger partial charge < -0.3 is 20.5 Å². The molecule has 3 N–H and O–H groups in total. The number of nitrogens with two attached hydrogens (primary N) is 1. The van der Waals surface area contributed by atoms with Gasteiger partial charge in [-0.1, -0.05) is 0 Å². The van der Waals surface area contributed by atoms with Gasteiger partial charge in [0.25, 0.3) is 0 Å². The highest BCUT2D eigenvalue weighted by Crippen LogP contribution is 2.31. The maximum atomic E-state index is 13.6. The topological polar surface area (TPSA) is 62.0 Å². The molecule has 0 aromatic heterocycles. The van der Waals surface area contributed by atoms with E-state index in [2.05, 4.69) is 9.80 Å². The van der Waals surface area contributed by atoms with E-state index in [0.717, 1.165) is 38.3 Å². The molecule has 5 nitrogen and oxygen atoms in total. The number of rotatable bonds is 4. The van der Waals surface area contributed by atoms with Crippen LogP contribution in [0.5, 0.6) is 5.75 Å². The molecule has 20 heavy (non-hydrogen) atoms. The summed E-state index contributed by atoms with van der Waals surface area (Å²) in [7, 11) is 1.45. The van der Waals surface area contributed by atoms with Crippen molar-refractivity contribution < 1.29 is 14.2 Å². The third-order valence-corrected chi connectivity index (χ3v) is 3.65. The minimum absolute atomic E-state index is 0.173. The third kappa shape index (κ3) is 3.32. The number of ether oxygens (including phenoxy) is 1. The van der Waals surface area contributed by atoms with E-state index in [1.54, 1.807) is 6.07 Å². The van der Waals surface area contributed by atoms with Crippen LogP contribution >= 0.6 is 0 Å². The van der Waals surface area contributed by atoms with Crippen LogP contribution in [0.15, 0.2) is 12.1 Å². The van der Waals surface area contributed by atoms with Crippen molar-refractivity contribution in [3.05, 3.63) is 17.9 Å². The van der Waals surface area contributed by atoms with Crippen molar-refractivity contribution in [1.29, 1.82) is 0 Å². The summed E-state index contributed by atoms with van der Waals surface area (Å²) < 4.78 is 18.6. The molecule has 6 heteroatoms. The molecule has 0 aliphatic carbocycles. The fourth-order valence-electron chi connectivity index (χ4n) is 2.57. The fraction of sp³-hybridized carbons (Fsp3) is 0.571. The molecule has 0 saturated carbocycles. The number of hydrogen-bond donors (Lipinski definition) is 2. The molecule has 1 aromatic rings. The van der Waals surface area contributed by atoms with Crippen molar-refractivity contribution in [3.63, 3.8) is 0 Å². The zero-order valence-corrected chi connectivity index (χ0v) is 11.8. The summed E-state index contributed by atoms with van der Waals surface area (Å²) in [5.41, 5.74) is 7.17. The summed E-state index contributed by atoms with van der Waals surface area (Å²) in [4.78, 5) is 4.37. The number of aliphatic hydroxyl groups is 1. The van der Waals surface area contributed by atoms with Gasteiger partial charge in [0, 0.05) is 38.3 Å². The van der Waals surface area contributed by atoms with E-state index in [4.69, 9.17) is 15.6 Å².